The first kappa shape index (κ1) is 19.9. The molecule has 0 saturated carbocycles. The quantitative estimate of drug-likeness (QED) is 0.556. The van der Waals surface area contributed by atoms with E-state index in [2.05, 4.69) is 32.2 Å². The van der Waals surface area contributed by atoms with Crippen LogP contribution < -0.4 is 11.1 Å². The molecule has 0 bridgehead atoms. The third-order valence-corrected chi connectivity index (χ3v) is 7.35. The van der Waals surface area contributed by atoms with Gasteiger partial charge in [-0.1, -0.05) is 39.0 Å². The zero-order valence-electron chi connectivity index (χ0n) is 17.8. The first-order valence-corrected chi connectivity index (χ1v) is 11.0. The third kappa shape index (κ3) is 3.64. The second kappa shape index (κ2) is 7.13. The van der Waals surface area contributed by atoms with Gasteiger partial charge in [0, 0.05) is 16.8 Å². The second-order valence-electron chi connectivity index (χ2n) is 9.32. The predicted octanol–water partition coefficient (Wildman–Crippen LogP) is 5.90. The summed E-state index contributed by atoms with van der Waals surface area (Å²) < 4.78 is 0. The zero-order valence-corrected chi connectivity index (χ0v) is 18.7. The van der Waals surface area contributed by atoms with Crippen LogP contribution in [0.3, 0.4) is 0 Å². The topological polar surface area (TPSA) is 68.0 Å². The summed E-state index contributed by atoms with van der Waals surface area (Å²) in [5.74, 6) is 0.481. The number of nitrogens with zero attached hydrogens (tertiary/aromatic N) is 1. The van der Waals surface area contributed by atoms with Gasteiger partial charge in [0.25, 0.3) is 5.91 Å². The Labute approximate surface area is 176 Å². The summed E-state index contributed by atoms with van der Waals surface area (Å²) >= 11 is 1.39. The molecule has 0 fully saturated rings. The first-order chi connectivity index (χ1) is 13.6. The lowest BCUT2D eigenvalue weighted by Gasteiger charge is -2.34. The minimum Gasteiger partial charge on any atom is -0.397 e. The van der Waals surface area contributed by atoms with Crippen LogP contribution in [0.1, 0.15) is 59.2 Å². The molecule has 4 nitrogen and oxygen atoms in total. The Morgan fingerprint density at radius 1 is 1.24 bits per heavy atom. The van der Waals surface area contributed by atoms with Gasteiger partial charge in [0.05, 0.1) is 5.69 Å². The fourth-order valence-corrected chi connectivity index (χ4v) is 5.27. The number of hydrogen-bond donors (Lipinski definition) is 2. The molecular formula is C24H29N3OS. The number of nitrogens with one attached hydrogen (secondary N) is 1. The van der Waals surface area contributed by atoms with Gasteiger partial charge in [-0.05, 0) is 67.2 Å². The van der Waals surface area contributed by atoms with Crippen molar-refractivity contribution in [1.29, 1.82) is 0 Å². The molecule has 1 atom stereocenters. The van der Waals surface area contributed by atoms with E-state index < -0.39 is 0 Å². The van der Waals surface area contributed by atoms with Crippen LogP contribution in [0, 0.1) is 25.2 Å². The predicted molar refractivity (Wildman–Crippen MR) is 123 cm³/mol. The summed E-state index contributed by atoms with van der Waals surface area (Å²) in [6, 6.07) is 8.17. The largest absolute Gasteiger partial charge is 0.397 e. The number of nitrogen functional groups attached to an aromatic ring is 1. The van der Waals surface area contributed by atoms with Crippen LogP contribution in [0.25, 0.3) is 10.2 Å². The van der Waals surface area contributed by atoms with Crippen LogP contribution in [0.5, 0.6) is 0 Å². The molecule has 0 aliphatic heterocycles. The number of carbonyl (C=O) groups is 1. The molecule has 3 N–H and O–H groups in total. The molecule has 0 saturated heterocycles. The normalized spacial score (nSPS) is 16.7. The van der Waals surface area contributed by atoms with Crippen molar-refractivity contribution < 1.29 is 4.79 Å². The van der Waals surface area contributed by atoms with Crippen molar-refractivity contribution in [3.63, 3.8) is 0 Å². The molecule has 1 aromatic carbocycles. The van der Waals surface area contributed by atoms with Gasteiger partial charge in [-0.25, -0.2) is 4.98 Å². The highest BCUT2D eigenvalue weighted by molar-refractivity contribution is 7.21. The summed E-state index contributed by atoms with van der Waals surface area (Å²) in [4.78, 5) is 19.3. The van der Waals surface area contributed by atoms with Gasteiger partial charge >= 0.3 is 0 Å². The molecule has 29 heavy (non-hydrogen) atoms. The average molecular weight is 408 g/mol. The number of benzene rings is 1. The van der Waals surface area contributed by atoms with Gasteiger partial charge in [0.1, 0.15) is 9.71 Å². The highest BCUT2D eigenvalue weighted by atomic mass is 32.1. The van der Waals surface area contributed by atoms with E-state index in [4.69, 9.17) is 10.7 Å². The summed E-state index contributed by atoms with van der Waals surface area (Å²) in [5.41, 5.74) is 12.7. The Kier molecular flexibility index (Phi) is 4.89. The monoisotopic (exact) mass is 407 g/mol. The van der Waals surface area contributed by atoms with Gasteiger partial charge < -0.3 is 11.1 Å². The van der Waals surface area contributed by atoms with Gasteiger partial charge in [0.15, 0.2) is 0 Å². The number of amides is 1. The summed E-state index contributed by atoms with van der Waals surface area (Å²) in [7, 11) is 0. The van der Waals surface area contributed by atoms with E-state index in [0.29, 0.717) is 16.5 Å². The molecule has 1 amide bonds. The maximum atomic E-state index is 13.0. The fraction of sp³-hybridized carbons (Fsp3) is 0.417. The number of thiophene rings is 1. The highest BCUT2D eigenvalue weighted by Crippen LogP contribution is 2.40. The zero-order chi connectivity index (χ0) is 20.9. The molecule has 4 rings (SSSR count). The molecule has 0 radical (unpaired) electrons. The van der Waals surface area contributed by atoms with Crippen LogP contribution in [-0.2, 0) is 12.8 Å². The van der Waals surface area contributed by atoms with Crippen molar-refractivity contribution in [3.05, 3.63) is 51.5 Å². The van der Waals surface area contributed by atoms with Crippen LogP contribution in [0.4, 0.5) is 11.4 Å². The number of pyridine rings is 1. The minimum atomic E-state index is -0.159. The number of nitrogens with two attached hydrogens (primary N) is 1. The number of hydrogen-bond acceptors (Lipinski definition) is 4. The molecule has 152 valence electrons. The lowest BCUT2D eigenvalue weighted by atomic mass is 9.71. The fourth-order valence-electron chi connectivity index (χ4n) is 4.28. The van der Waals surface area contributed by atoms with Crippen molar-refractivity contribution >= 4 is 38.8 Å². The molecule has 0 spiro atoms. The maximum absolute atomic E-state index is 13.0. The number of anilines is 2. The van der Waals surface area contributed by atoms with Crippen LogP contribution in [0.15, 0.2) is 24.3 Å². The Morgan fingerprint density at radius 2 is 1.93 bits per heavy atom. The minimum absolute atomic E-state index is 0.159. The summed E-state index contributed by atoms with van der Waals surface area (Å²) in [6.45, 7) is 10.9. The summed E-state index contributed by atoms with van der Waals surface area (Å²) in [5, 5.41) is 3.97. The van der Waals surface area contributed by atoms with Crippen molar-refractivity contribution in [3.8, 4) is 0 Å². The number of fused-ring (bicyclic) bond motifs is 2. The lowest BCUT2D eigenvalue weighted by molar-refractivity contribution is 0.103. The van der Waals surface area contributed by atoms with E-state index in [9.17, 15) is 4.79 Å². The lowest BCUT2D eigenvalue weighted by Crippen LogP contribution is -2.27. The van der Waals surface area contributed by atoms with Crippen molar-refractivity contribution in [2.45, 2.75) is 53.9 Å². The second-order valence-corrected chi connectivity index (χ2v) is 10.3. The molecule has 3 aromatic rings. The van der Waals surface area contributed by atoms with Crippen molar-refractivity contribution in [2.75, 3.05) is 11.1 Å². The number of aryl methyl sites for hydroxylation is 3. The smallest absolute Gasteiger partial charge is 0.267 e. The SMILES string of the molecule is Cc1cccc(C)c1NC(=O)c1sc2nc3c(cc2c1N)CC(C(C)(C)C)CC3. The molecule has 2 aromatic heterocycles. The van der Waals surface area contributed by atoms with Gasteiger partial charge in [-0.2, -0.15) is 0 Å². The van der Waals surface area contributed by atoms with Gasteiger partial charge in [-0.3, -0.25) is 4.79 Å². The molecule has 1 aliphatic rings. The Balaban J connectivity index is 1.69. The molecule has 1 unspecified atom stereocenters. The van der Waals surface area contributed by atoms with E-state index >= 15 is 0 Å². The standard InChI is InChI=1S/C24H29N3OS/c1-13-7-6-8-14(2)20(13)27-22(28)21-19(25)17-12-15-11-16(24(3,4)5)9-10-18(15)26-23(17)29-21/h6-8,12,16H,9-11,25H2,1-5H3,(H,27,28). The molecule has 5 heteroatoms. The van der Waals surface area contributed by atoms with E-state index in [1.807, 2.05) is 32.0 Å². The van der Waals surface area contributed by atoms with Crippen LogP contribution in [0.2, 0.25) is 0 Å². The molecule has 1 aliphatic carbocycles. The van der Waals surface area contributed by atoms with Gasteiger partial charge in [0.2, 0.25) is 0 Å². The van der Waals surface area contributed by atoms with Crippen molar-refractivity contribution in [1.82, 2.24) is 4.98 Å². The highest BCUT2D eigenvalue weighted by Gasteiger charge is 2.30. The maximum Gasteiger partial charge on any atom is 0.267 e. The Bertz CT molecular complexity index is 1090. The summed E-state index contributed by atoms with van der Waals surface area (Å²) in [6.07, 6.45) is 3.19. The molecular weight excluding hydrogens is 378 g/mol. The van der Waals surface area contributed by atoms with E-state index in [-0.39, 0.29) is 11.3 Å². The van der Waals surface area contributed by atoms with Gasteiger partial charge in [-0.15, -0.1) is 11.3 Å². The number of rotatable bonds is 2. The van der Waals surface area contributed by atoms with Crippen molar-refractivity contribution in [2.24, 2.45) is 11.3 Å². The van der Waals surface area contributed by atoms with Crippen LogP contribution in [-0.4, -0.2) is 10.9 Å². The molecule has 2 heterocycles. The van der Waals surface area contributed by atoms with E-state index in [1.54, 1.807) is 0 Å². The first-order valence-electron chi connectivity index (χ1n) is 10.2. The number of para-hydroxylation sites is 1. The number of aromatic nitrogens is 1. The number of carbonyl (C=O) groups excluding carboxylic acids is 1. The average Bonchev–Trinajstić information content (AvgIpc) is 2.98. The van der Waals surface area contributed by atoms with E-state index in [1.165, 1.54) is 22.6 Å². The Morgan fingerprint density at radius 3 is 2.59 bits per heavy atom. The third-order valence-electron chi connectivity index (χ3n) is 6.24. The Hall–Kier alpha value is -2.40. The van der Waals surface area contributed by atoms with Crippen LogP contribution >= 0.6 is 11.3 Å². The van der Waals surface area contributed by atoms with E-state index in [0.717, 1.165) is 46.3 Å².